The lowest BCUT2D eigenvalue weighted by Crippen LogP contribution is -2.31. The van der Waals surface area contributed by atoms with Gasteiger partial charge in [-0.3, -0.25) is 4.90 Å². The van der Waals surface area contributed by atoms with Gasteiger partial charge in [0.1, 0.15) is 17.4 Å². The van der Waals surface area contributed by atoms with E-state index in [0.717, 1.165) is 29.5 Å². The van der Waals surface area contributed by atoms with Crippen LogP contribution >= 0.6 is 0 Å². The number of nitrogens with zero attached hydrogens (tertiary/aromatic N) is 1. The highest BCUT2D eigenvalue weighted by Crippen LogP contribution is 2.33. The van der Waals surface area contributed by atoms with Gasteiger partial charge in [-0.1, -0.05) is 72.8 Å². The van der Waals surface area contributed by atoms with Crippen molar-refractivity contribution in [2.45, 2.75) is 36.6 Å². The van der Waals surface area contributed by atoms with Crippen LogP contribution in [0.4, 0.5) is 22.0 Å². The van der Waals surface area contributed by atoms with Crippen molar-refractivity contribution >= 4 is 9.84 Å². The molecular formula is C33H32F5NO4S. The average Bonchev–Trinajstić information content (AvgIpc) is 2.98. The molecule has 0 aliphatic rings. The molecule has 0 spiro atoms. The minimum Gasteiger partial charge on any atom is -0.493 e. The second kappa shape index (κ2) is 14.3. The predicted octanol–water partition coefficient (Wildman–Crippen LogP) is 6.98. The van der Waals surface area contributed by atoms with Crippen molar-refractivity contribution in [2.24, 2.45) is 0 Å². The quantitative estimate of drug-likeness (QED) is 0.127. The lowest BCUT2D eigenvalue weighted by Gasteiger charge is -2.29. The zero-order valence-electron chi connectivity index (χ0n) is 23.9. The molecule has 44 heavy (non-hydrogen) atoms. The molecule has 0 amide bonds. The number of rotatable bonds is 13. The van der Waals surface area contributed by atoms with E-state index in [1.165, 1.54) is 12.1 Å². The van der Waals surface area contributed by atoms with Gasteiger partial charge in [-0.25, -0.2) is 17.2 Å². The van der Waals surface area contributed by atoms with Crippen LogP contribution in [0.3, 0.4) is 0 Å². The SMILES string of the molecule is CS(=O)(=O)c1cc(OCCCN(Cc2cccc(C(F)(F)F)c2F)CC(c2ccccc2)c2ccccc2)cc(F)c1CO. The molecule has 0 aliphatic carbocycles. The summed E-state index contributed by atoms with van der Waals surface area (Å²) in [7, 11) is -3.86. The molecule has 0 saturated heterocycles. The molecule has 0 atom stereocenters. The van der Waals surface area contributed by atoms with Gasteiger partial charge >= 0.3 is 6.18 Å². The highest BCUT2D eigenvalue weighted by molar-refractivity contribution is 7.90. The molecule has 5 nitrogen and oxygen atoms in total. The van der Waals surface area contributed by atoms with E-state index in [0.29, 0.717) is 19.0 Å². The molecule has 4 aromatic rings. The van der Waals surface area contributed by atoms with Crippen molar-refractivity contribution in [1.82, 2.24) is 4.90 Å². The summed E-state index contributed by atoms with van der Waals surface area (Å²) in [6.45, 7) is -0.322. The van der Waals surface area contributed by atoms with Gasteiger partial charge in [0, 0.05) is 49.0 Å². The third-order valence-corrected chi connectivity index (χ3v) is 8.36. The highest BCUT2D eigenvalue weighted by Gasteiger charge is 2.35. The first kappa shape index (κ1) is 33.1. The molecule has 0 heterocycles. The number of halogens is 5. The number of benzene rings is 4. The Hall–Kier alpha value is -3.80. The van der Waals surface area contributed by atoms with Gasteiger partial charge in [0.2, 0.25) is 0 Å². The smallest absolute Gasteiger partial charge is 0.419 e. The third kappa shape index (κ3) is 8.43. The summed E-state index contributed by atoms with van der Waals surface area (Å²) < 4.78 is 99.9. The summed E-state index contributed by atoms with van der Waals surface area (Å²) in [5, 5.41) is 9.43. The zero-order chi connectivity index (χ0) is 31.9. The molecule has 4 aromatic carbocycles. The number of alkyl halides is 3. The molecule has 234 valence electrons. The Morgan fingerprint density at radius 1 is 0.886 bits per heavy atom. The molecule has 0 radical (unpaired) electrons. The van der Waals surface area contributed by atoms with E-state index in [1.54, 1.807) is 0 Å². The normalized spacial score (nSPS) is 12.2. The number of hydrogen-bond donors (Lipinski definition) is 1. The van der Waals surface area contributed by atoms with Crippen LogP contribution in [-0.2, 0) is 29.2 Å². The van der Waals surface area contributed by atoms with Crippen LogP contribution in [-0.4, -0.2) is 44.4 Å². The Balaban J connectivity index is 1.59. The van der Waals surface area contributed by atoms with Crippen LogP contribution in [0.15, 0.2) is 95.9 Å². The van der Waals surface area contributed by atoms with Crippen LogP contribution in [0.2, 0.25) is 0 Å². The van der Waals surface area contributed by atoms with Gasteiger partial charge in [-0.2, -0.15) is 13.2 Å². The summed E-state index contributed by atoms with van der Waals surface area (Å²) in [4.78, 5) is 1.45. The topological polar surface area (TPSA) is 66.8 Å². The van der Waals surface area contributed by atoms with Gasteiger partial charge in [0.15, 0.2) is 9.84 Å². The Labute approximate surface area is 253 Å². The Morgan fingerprint density at radius 2 is 1.50 bits per heavy atom. The number of aliphatic hydroxyl groups is 1. The summed E-state index contributed by atoms with van der Waals surface area (Å²) >= 11 is 0. The highest BCUT2D eigenvalue weighted by atomic mass is 32.2. The summed E-state index contributed by atoms with van der Waals surface area (Å²) in [6.07, 6.45) is -3.65. The van der Waals surface area contributed by atoms with Gasteiger partial charge < -0.3 is 9.84 Å². The average molecular weight is 634 g/mol. The van der Waals surface area contributed by atoms with Gasteiger partial charge in [0.05, 0.1) is 23.7 Å². The van der Waals surface area contributed by atoms with E-state index in [4.69, 9.17) is 4.74 Å². The molecule has 4 rings (SSSR count). The van der Waals surface area contributed by atoms with E-state index < -0.39 is 39.8 Å². The minimum absolute atomic E-state index is 0.00400. The van der Waals surface area contributed by atoms with E-state index in [2.05, 4.69) is 0 Å². The number of aliphatic hydroxyl groups excluding tert-OH is 1. The molecular weight excluding hydrogens is 601 g/mol. The summed E-state index contributed by atoms with van der Waals surface area (Å²) in [5.41, 5.74) is 0.132. The molecule has 0 aliphatic heterocycles. The van der Waals surface area contributed by atoms with E-state index in [-0.39, 0.29) is 47.4 Å². The molecule has 11 heteroatoms. The van der Waals surface area contributed by atoms with Gasteiger partial charge in [0.25, 0.3) is 0 Å². The number of ether oxygens (including phenoxy) is 1. The molecule has 0 fully saturated rings. The van der Waals surface area contributed by atoms with Crippen LogP contribution < -0.4 is 4.74 Å². The van der Waals surface area contributed by atoms with Crippen molar-refractivity contribution in [2.75, 3.05) is 26.0 Å². The number of hydrogen-bond acceptors (Lipinski definition) is 5. The first-order chi connectivity index (χ1) is 20.9. The monoisotopic (exact) mass is 633 g/mol. The molecule has 0 aromatic heterocycles. The maximum Gasteiger partial charge on any atom is 0.419 e. The maximum absolute atomic E-state index is 15.1. The van der Waals surface area contributed by atoms with Crippen LogP contribution in [0.1, 0.15) is 40.2 Å². The molecule has 1 N–H and O–H groups in total. The predicted molar refractivity (Wildman–Crippen MR) is 157 cm³/mol. The lowest BCUT2D eigenvalue weighted by atomic mass is 9.90. The maximum atomic E-state index is 15.1. The fraction of sp³-hybridized carbons (Fsp3) is 0.273. The fourth-order valence-electron chi connectivity index (χ4n) is 5.06. The zero-order valence-corrected chi connectivity index (χ0v) is 24.7. The Bertz CT molecular complexity index is 1610. The minimum atomic E-state index is -4.85. The first-order valence-electron chi connectivity index (χ1n) is 13.8. The molecule has 0 unspecified atom stereocenters. The van der Waals surface area contributed by atoms with Crippen molar-refractivity contribution in [3.05, 3.63) is 130 Å². The van der Waals surface area contributed by atoms with Crippen molar-refractivity contribution in [3.63, 3.8) is 0 Å². The largest absolute Gasteiger partial charge is 0.493 e. The van der Waals surface area contributed by atoms with Crippen molar-refractivity contribution in [1.29, 1.82) is 0 Å². The molecule has 0 bridgehead atoms. The molecule has 0 saturated carbocycles. The third-order valence-electron chi connectivity index (χ3n) is 7.20. The Kier molecular flexibility index (Phi) is 10.8. The summed E-state index contributed by atoms with van der Waals surface area (Å²) in [5.74, 6) is -2.50. The lowest BCUT2D eigenvalue weighted by molar-refractivity contribution is -0.140. The second-order valence-electron chi connectivity index (χ2n) is 10.4. The number of sulfone groups is 1. The first-order valence-corrected chi connectivity index (χ1v) is 15.7. The second-order valence-corrected chi connectivity index (χ2v) is 12.4. The van der Waals surface area contributed by atoms with Gasteiger partial charge in [-0.05, 0) is 29.7 Å². The van der Waals surface area contributed by atoms with E-state index in [9.17, 15) is 31.1 Å². The van der Waals surface area contributed by atoms with E-state index >= 15 is 4.39 Å². The van der Waals surface area contributed by atoms with Crippen LogP contribution in [0.5, 0.6) is 5.75 Å². The Morgan fingerprint density at radius 3 is 2.05 bits per heavy atom. The van der Waals surface area contributed by atoms with Crippen LogP contribution in [0.25, 0.3) is 0 Å². The van der Waals surface area contributed by atoms with Gasteiger partial charge in [-0.15, -0.1) is 0 Å². The van der Waals surface area contributed by atoms with Crippen molar-refractivity contribution < 1.29 is 40.2 Å². The van der Waals surface area contributed by atoms with Crippen LogP contribution in [0, 0.1) is 11.6 Å². The fourth-order valence-corrected chi connectivity index (χ4v) is 6.00. The van der Waals surface area contributed by atoms with Crippen molar-refractivity contribution in [3.8, 4) is 5.75 Å². The van der Waals surface area contributed by atoms with E-state index in [1.807, 2.05) is 65.6 Å². The summed E-state index contributed by atoms with van der Waals surface area (Å²) in [6, 6.07) is 24.5. The standard InChI is InChI=1S/C33H32F5NO4S/c1-44(41,42)31-19-26(18-30(34)28(31)22-40)43-17-9-16-39(20-25-14-8-15-29(32(25)35)33(36,37)38)21-27(23-10-4-2-5-11-23)24-12-6-3-7-13-24/h2-8,10-15,18-19,27,40H,9,16-17,20-22H2,1H3.